The first kappa shape index (κ1) is 15.2. The minimum Gasteiger partial charge on any atom is -0.376 e. The van der Waals surface area contributed by atoms with E-state index in [1.807, 2.05) is 36.4 Å². The van der Waals surface area contributed by atoms with E-state index >= 15 is 0 Å². The molecule has 3 rings (SSSR count). The lowest BCUT2D eigenvalue weighted by atomic mass is 10.00. The third-order valence-electron chi connectivity index (χ3n) is 3.89. The second kappa shape index (κ2) is 8.08. The molecule has 1 heterocycles. The maximum atomic E-state index is 5.78. The molecule has 3 heteroatoms. The first-order valence-corrected chi connectivity index (χ1v) is 7.77. The second-order valence-corrected chi connectivity index (χ2v) is 5.63. The Hall–Kier alpha value is -1.68. The van der Waals surface area contributed by atoms with Crippen LogP contribution < -0.4 is 0 Å². The van der Waals surface area contributed by atoms with Crippen molar-refractivity contribution in [1.29, 1.82) is 0 Å². The summed E-state index contributed by atoms with van der Waals surface area (Å²) in [6, 6.07) is 20.5. The average molecular weight is 298 g/mol. The summed E-state index contributed by atoms with van der Waals surface area (Å²) in [6.45, 7) is 3.43. The van der Waals surface area contributed by atoms with Crippen molar-refractivity contribution in [2.24, 2.45) is 5.92 Å². The molecule has 2 aromatic rings. The van der Waals surface area contributed by atoms with Gasteiger partial charge in [0, 0.05) is 5.92 Å². The Morgan fingerprint density at radius 1 is 0.773 bits per heavy atom. The minimum atomic E-state index is 0.166. The van der Waals surface area contributed by atoms with Crippen LogP contribution in [0.4, 0.5) is 0 Å². The number of rotatable bonds is 8. The van der Waals surface area contributed by atoms with Crippen LogP contribution in [0.5, 0.6) is 0 Å². The predicted molar refractivity (Wildman–Crippen MR) is 85.4 cm³/mol. The summed E-state index contributed by atoms with van der Waals surface area (Å²) in [4.78, 5) is 0. The normalized spacial score (nSPS) is 20.5. The smallest absolute Gasteiger partial charge is 0.0880 e. The lowest BCUT2D eigenvalue weighted by Crippen LogP contribution is -2.45. The van der Waals surface area contributed by atoms with Crippen molar-refractivity contribution in [3.8, 4) is 0 Å². The van der Waals surface area contributed by atoms with E-state index in [1.54, 1.807) is 0 Å². The summed E-state index contributed by atoms with van der Waals surface area (Å²) >= 11 is 0. The van der Waals surface area contributed by atoms with Crippen LogP contribution in [0.15, 0.2) is 60.7 Å². The molecule has 3 nitrogen and oxygen atoms in total. The van der Waals surface area contributed by atoms with Crippen molar-refractivity contribution in [2.45, 2.75) is 19.3 Å². The molecule has 0 radical (unpaired) electrons. The SMILES string of the molecule is c1ccc(COCC2COC2COCc2ccccc2)cc1. The molecule has 2 aromatic carbocycles. The molecule has 0 aliphatic carbocycles. The first-order valence-electron chi connectivity index (χ1n) is 7.77. The molecule has 116 valence electrons. The lowest BCUT2D eigenvalue weighted by Gasteiger charge is -2.36. The van der Waals surface area contributed by atoms with Crippen LogP contribution in [-0.4, -0.2) is 25.9 Å². The van der Waals surface area contributed by atoms with Gasteiger partial charge in [0.1, 0.15) is 0 Å². The van der Waals surface area contributed by atoms with Gasteiger partial charge in [0.2, 0.25) is 0 Å². The van der Waals surface area contributed by atoms with Crippen LogP contribution in [-0.2, 0) is 27.4 Å². The Morgan fingerprint density at radius 3 is 1.82 bits per heavy atom. The van der Waals surface area contributed by atoms with E-state index < -0.39 is 0 Å². The monoisotopic (exact) mass is 298 g/mol. The molecule has 0 N–H and O–H groups in total. The molecule has 1 fully saturated rings. The third-order valence-corrected chi connectivity index (χ3v) is 3.89. The fraction of sp³-hybridized carbons (Fsp3) is 0.368. The van der Waals surface area contributed by atoms with Crippen LogP contribution in [0.3, 0.4) is 0 Å². The van der Waals surface area contributed by atoms with E-state index in [4.69, 9.17) is 14.2 Å². The van der Waals surface area contributed by atoms with Gasteiger partial charge in [0.15, 0.2) is 0 Å². The van der Waals surface area contributed by atoms with E-state index in [0.29, 0.717) is 25.7 Å². The number of ether oxygens (including phenoxy) is 3. The zero-order chi connectivity index (χ0) is 15.0. The highest BCUT2D eigenvalue weighted by molar-refractivity contribution is 5.14. The maximum absolute atomic E-state index is 5.78. The molecule has 2 atom stereocenters. The van der Waals surface area contributed by atoms with Gasteiger partial charge in [-0.05, 0) is 11.1 Å². The minimum absolute atomic E-state index is 0.166. The fourth-order valence-corrected chi connectivity index (χ4v) is 2.48. The number of benzene rings is 2. The molecule has 0 amide bonds. The predicted octanol–water partition coefficient (Wildman–Crippen LogP) is 3.44. The van der Waals surface area contributed by atoms with Crippen molar-refractivity contribution < 1.29 is 14.2 Å². The highest BCUT2D eigenvalue weighted by Crippen LogP contribution is 2.22. The van der Waals surface area contributed by atoms with Gasteiger partial charge >= 0.3 is 0 Å². The number of hydrogen-bond donors (Lipinski definition) is 0. The van der Waals surface area contributed by atoms with Crippen molar-refractivity contribution in [3.05, 3.63) is 71.8 Å². The molecule has 1 saturated heterocycles. The van der Waals surface area contributed by atoms with Gasteiger partial charge in [-0.25, -0.2) is 0 Å². The molecule has 1 aliphatic rings. The highest BCUT2D eigenvalue weighted by Gasteiger charge is 2.32. The summed E-state index contributed by atoms with van der Waals surface area (Å²) in [6.07, 6.45) is 0.166. The Labute approximate surface area is 131 Å². The van der Waals surface area contributed by atoms with Gasteiger partial charge in [0.05, 0.1) is 39.1 Å². The van der Waals surface area contributed by atoms with E-state index in [2.05, 4.69) is 24.3 Å². The fourth-order valence-electron chi connectivity index (χ4n) is 2.48. The molecule has 1 aliphatic heterocycles. The molecule has 2 unspecified atom stereocenters. The summed E-state index contributed by atoms with van der Waals surface area (Å²) in [7, 11) is 0. The Balaban J connectivity index is 1.32. The summed E-state index contributed by atoms with van der Waals surface area (Å²) in [5.41, 5.74) is 2.40. The standard InChI is InChI=1S/C19H22O3/c1-3-7-16(8-4-1)11-20-13-18-14-22-19(18)15-21-12-17-9-5-2-6-10-17/h1-10,18-19H,11-15H2. The quantitative estimate of drug-likeness (QED) is 0.747. The van der Waals surface area contributed by atoms with Crippen LogP contribution in [0.2, 0.25) is 0 Å². The summed E-state index contributed by atoms with van der Waals surface area (Å²) in [5.74, 6) is 0.444. The summed E-state index contributed by atoms with van der Waals surface area (Å²) in [5, 5.41) is 0. The lowest BCUT2D eigenvalue weighted by molar-refractivity contribution is -0.168. The largest absolute Gasteiger partial charge is 0.376 e. The highest BCUT2D eigenvalue weighted by atomic mass is 16.6. The Bertz CT molecular complexity index is 490. The van der Waals surface area contributed by atoms with E-state index in [9.17, 15) is 0 Å². The van der Waals surface area contributed by atoms with Gasteiger partial charge in [-0.2, -0.15) is 0 Å². The first-order chi connectivity index (χ1) is 10.9. The van der Waals surface area contributed by atoms with Gasteiger partial charge in [-0.1, -0.05) is 60.7 Å². The second-order valence-electron chi connectivity index (χ2n) is 5.63. The van der Waals surface area contributed by atoms with E-state index in [0.717, 1.165) is 13.2 Å². The van der Waals surface area contributed by atoms with Crippen molar-refractivity contribution in [3.63, 3.8) is 0 Å². The third kappa shape index (κ3) is 4.41. The zero-order valence-electron chi connectivity index (χ0n) is 12.7. The molecule has 22 heavy (non-hydrogen) atoms. The topological polar surface area (TPSA) is 27.7 Å². The molecular formula is C19H22O3. The van der Waals surface area contributed by atoms with Gasteiger partial charge in [0.25, 0.3) is 0 Å². The Morgan fingerprint density at radius 2 is 1.32 bits per heavy atom. The van der Waals surface area contributed by atoms with Gasteiger partial charge < -0.3 is 14.2 Å². The zero-order valence-corrected chi connectivity index (χ0v) is 12.7. The van der Waals surface area contributed by atoms with Crippen molar-refractivity contribution in [2.75, 3.05) is 19.8 Å². The molecule has 0 aromatic heterocycles. The molecule has 0 saturated carbocycles. The maximum Gasteiger partial charge on any atom is 0.0880 e. The van der Waals surface area contributed by atoms with Crippen LogP contribution >= 0.6 is 0 Å². The van der Waals surface area contributed by atoms with Crippen molar-refractivity contribution in [1.82, 2.24) is 0 Å². The van der Waals surface area contributed by atoms with Gasteiger partial charge in [-0.15, -0.1) is 0 Å². The molecular weight excluding hydrogens is 276 g/mol. The Kier molecular flexibility index (Phi) is 5.59. The van der Waals surface area contributed by atoms with E-state index in [1.165, 1.54) is 11.1 Å². The van der Waals surface area contributed by atoms with Crippen molar-refractivity contribution >= 4 is 0 Å². The van der Waals surface area contributed by atoms with E-state index in [-0.39, 0.29) is 6.10 Å². The van der Waals surface area contributed by atoms with Crippen LogP contribution in [0, 0.1) is 5.92 Å². The van der Waals surface area contributed by atoms with Crippen LogP contribution in [0.25, 0.3) is 0 Å². The van der Waals surface area contributed by atoms with Crippen LogP contribution in [0.1, 0.15) is 11.1 Å². The average Bonchev–Trinajstić information content (AvgIpc) is 2.56. The molecule has 0 spiro atoms. The summed E-state index contributed by atoms with van der Waals surface area (Å²) < 4.78 is 17.1. The number of hydrogen-bond acceptors (Lipinski definition) is 3. The molecule has 0 bridgehead atoms. The van der Waals surface area contributed by atoms with Gasteiger partial charge in [-0.3, -0.25) is 0 Å².